The first-order chi connectivity index (χ1) is 9.39. The highest BCUT2D eigenvalue weighted by atomic mass is 35.5. The number of para-hydroxylation sites is 1. The molecule has 4 nitrogen and oxygen atoms in total. The van der Waals surface area contributed by atoms with Crippen LogP contribution in [0.15, 0.2) is 35.9 Å². The van der Waals surface area contributed by atoms with Crippen molar-refractivity contribution in [2.75, 3.05) is 30.8 Å². The van der Waals surface area contributed by atoms with Gasteiger partial charge >= 0.3 is 0 Å². The van der Waals surface area contributed by atoms with E-state index in [-0.39, 0.29) is 16.7 Å². The van der Waals surface area contributed by atoms with Crippen LogP contribution >= 0.6 is 11.6 Å². The first-order valence-corrected chi connectivity index (χ1v) is 8.53. The topological polar surface area (TPSA) is 49.4 Å². The van der Waals surface area contributed by atoms with Gasteiger partial charge in [-0.25, -0.2) is 13.1 Å². The smallest absolute Gasteiger partial charge is 0.216 e. The Balaban J connectivity index is 2.08. The molecule has 1 aliphatic heterocycles. The van der Waals surface area contributed by atoms with E-state index in [0.29, 0.717) is 6.54 Å². The Kier molecular flexibility index (Phi) is 4.73. The van der Waals surface area contributed by atoms with Crippen molar-refractivity contribution in [3.63, 3.8) is 0 Å². The molecule has 1 aliphatic rings. The van der Waals surface area contributed by atoms with Gasteiger partial charge in [0.05, 0.1) is 5.75 Å². The van der Waals surface area contributed by atoms with E-state index < -0.39 is 10.0 Å². The van der Waals surface area contributed by atoms with Crippen molar-refractivity contribution in [1.82, 2.24) is 4.72 Å². The normalized spacial score (nSPS) is 18.7. The highest BCUT2D eigenvalue weighted by Crippen LogP contribution is 2.33. The first-order valence-electron chi connectivity index (χ1n) is 6.50. The third-order valence-corrected chi connectivity index (χ3v) is 5.12. The Bertz CT molecular complexity index is 601. The van der Waals surface area contributed by atoms with Crippen LogP contribution < -0.4 is 9.62 Å². The van der Waals surface area contributed by atoms with Gasteiger partial charge in [-0.15, -0.1) is 0 Å². The molecule has 2 rings (SSSR count). The maximum atomic E-state index is 11.8. The molecule has 0 amide bonds. The number of anilines is 1. The van der Waals surface area contributed by atoms with Gasteiger partial charge < -0.3 is 4.90 Å². The van der Waals surface area contributed by atoms with Gasteiger partial charge in [-0.1, -0.05) is 36.4 Å². The van der Waals surface area contributed by atoms with E-state index in [1.54, 1.807) is 0 Å². The lowest BCUT2D eigenvalue weighted by Crippen LogP contribution is -2.35. The summed E-state index contributed by atoms with van der Waals surface area (Å²) in [7, 11) is -1.34. The van der Waals surface area contributed by atoms with Crippen molar-refractivity contribution in [2.45, 2.75) is 12.3 Å². The standard InChI is InChI=1S/C14H19ClN2O2S/c1-11(15)10-20(18,19)16-9-12-7-8-17(2)14-6-4-3-5-13(12)14/h3-6,12,16H,1,7-10H2,2H3/t12-/m0/s1. The van der Waals surface area contributed by atoms with Crippen molar-refractivity contribution in [3.8, 4) is 0 Å². The molecule has 0 saturated carbocycles. The molecular formula is C14H19ClN2O2S. The van der Waals surface area contributed by atoms with Crippen LogP contribution in [0.25, 0.3) is 0 Å². The minimum absolute atomic E-state index is 0.126. The van der Waals surface area contributed by atoms with Crippen LogP contribution in [0.2, 0.25) is 0 Å². The Morgan fingerprint density at radius 1 is 1.50 bits per heavy atom. The molecule has 0 aromatic heterocycles. The number of nitrogens with zero attached hydrogens (tertiary/aromatic N) is 1. The molecule has 0 unspecified atom stereocenters. The molecule has 0 saturated heterocycles. The fourth-order valence-corrected chi connectivity index (χ4v) is 3.90. The van der Waals surface area contributed by atoms with Crippen LogP contribution in [0.3, 0.4) is 0 Å². The molecule has 0 bridgehead atoms. The maximum absolute atomic E-state index is 11.8. The molecule has 110 valence electrons. The fraction of sp³-hybridized carbons (Fsp3) is 0.429. The van der Waals surface area contributed by atoms with Gasteiger partial charge in [0.1, 0.15) is 0 Å². The number of halogens is 1. The summed E-state index contributed by atoms with van der Waals surface area (Å²) in [4.78, 5) is 2.20. The van der Waals surface area contributed by atoms with Crippen LogP contribution in [0, 0.1) is 0 Å². The van der Waals surface area contributed by atoms with Gasteiger partial charge in [0, 0.05) is 36.8 Å². The number of sulfonamides is 1. The third-order valence-electron chi connectivity index (χ3n) is 3.50. The zero-order chi connectivity index (χ0) is 14.8. The van der Waals surface area contributed by atoms with Crippen LogP contribution in [-0.4, -0.2) is 34.3 Å². The molecule has 20 heavy (non-hydrogen) atoms. The number of fused-ring (bicyclic) bond motifs is 1. The van der Waals surface area contributed by atoms with Crippen LogP contribution in [0.1, 0.15) is 17.9 Å². The Hall–Kier alpha value is -1.04. The summed E-state index contributed by atoms with van der Waals surface area (Å²) in [6.45, 7) is 4.74. The number of hydrogen-bond donors (Lipinski definition) is 1. The fourth-order valence-electron chi connectivity index (χ4n) is 2.50. The van der Waals surface area contributed by atoms with E-state index in [1.807, 2.05) is 12.1 Å². The van der Waals surface area contributed by atoms with E-state index in [4.69, 9.17) is 11.6 Å². The van der Waals surface area contributed by atoms with Crippen LogP contribution in [-0.2, 0) is 10.0 Å². The summed E-state index contributed by atoms with van der Waals surface area (Å²) < 4.78 is 26.2. The summed E-state index contributed by atoms with van der Waals surface area (Å²) in [5.74, 6) is -0.0382. The molecule has 1 aromatic carbocycles. The maximum Gasteiger partial charge on any atom is 0.216 e. The zero-order valence-corrected chi connectivity index (χ0v) is 13.0. The van der Waals surface area contributed by atoms with Crippen molar-refractivity contribution in [2.24, 2.45) is 0 Å². The SMILES string of the molecule is C=C(Cl)CS(=O)(=O)NC[C@@H]1CCN(C)c2ccccc21. The lowest BCUT2D eigenvalue weighted by Gasteiger charge is -2.33. The first kappa shape index (κ1) is 15.4. The Morgan fingerprint density at radius 3 is 2.90 bits per heavy atom. The monoisotopic (exact) mass is 314 g/mol. The van der Waals surface area contributed by atoms with E-state index in [9.17, 15) is 8.42 Å². The minimum Gasteiger partial charge on any atom is -0.374 e. The lowest BCUT2D eigenvalue weighted by atomic mass is 9.90. The number of nitrogens with one attached hydrogen (secondary N) is 1. The quantitative estimate of drug-likeness (QED) is 0.907. The zero-order valence-electron chi connectivity index (χ0n) is 11.5. The highest BCUT2D eigenvalue weighted by Gasteiger charge is 2.24. The second-order valence-corrected chi connectivity index (χ2v) is 7.43. The van der Waals surface area contributed by atoms with Gasteiger partial charge in [-0.3, -0.25) is 0 Å². The van der Waals surface area contributed by atoms with Gasteiger partial charge in [0.25, 0.3) is 0 Å². The van der Waals surface area contributed by atoms with Crippen molar-refractivity contribution in [1.29, 1.82) is 0 Å². The molecule has 1 N–H and O–H groups in total. The Labute approximate surface area is 125 Å². The van der Waals surface area contributed by atoms with Crippen LogP contribution in [0.5, 0.6) is 0 Å². The summed E-state index contributed by atoms with van der Waals surface area (Å²) >= 11 is 5.56. The number of benzene rings is 1. The average molecular weight is 315 g/mol. The van der Waals surface area contributed by atoms with Crippen molar-refractivity contribution in [3.05, 3.63) is 41.4 Å². The van der Waals surface area contributed by atoms with E-state index >= 15 is 0 Å². The summed E-state index contributed by atoms with van der Waals surface area (Å²) in [6.07, 6.45) is 0.928. The molecule has 0 radical (unpaired) electrons. The molecule has 1 aromatic rings. The molecule has 0 fully saturated rings. The molecule has 0 aliphatic carbocycles. The van der Waals surface area contributed by atoms with E-state index in [0.717, 1.165) is 13.0 Å². The third kappa shape index (κ3) is 3.75. The van der Waals surface area contributed by atoms with Crippen molar-refractivity contribution < 1.29 is 8.42 Å². The van der Waals surface area contributed by atoms with Gasteiger partial charge in [0.15, 0.2) is 0 Å². The molecule has 1 atom stereocenters. The Morgan fingerprint density at radius 2 is 2.20 bits per heavy atom. The van der Waals surface area contributed by atoms with E-state index in [1.165, 1.54) is 11.3 Å². The largest absolute Gasteiger partial charge is 0.374 e. The highest BCUT2D eigenvalue weighted by molar-refractivity contribution is 7.89. The van der Waals surface area contributed by atoms with Crippen LogP contribution in [0.4, 0.5) is 5.69 Å². The summed E-state index contributed by atoms with van der Waals surface area (Å²) in [5.41, 5.74) is 2.36. The molecular weight excluding hydrogens is 296 g/mol. The lowest BCUT2D eigenvalue weighted by molar-refractivity contribution is 0.551. The summed E-state index contributed by atoms with van der Waals surface area (Å²) in [5, 5.41) is 0.126. The number of rotatable bonds is 5. The average Bonchev–Trinajstić information content (AvgIpc) is 2.37. The second-order valence-electron chi connectivity index (χ2n) is 5.09. The summed E-state index contributed by atoms with van der Waals surface area (Å²) in [6, 6.07) is 8.11. The van der Waals surface area contributed by atoms with Gasteiger partial charge in [-0.2, -0.15) is 0 Å². The van der Waals surface area contributed by atoms with Crippen molar-refractivity contribution >= 4 is 27.3 Å². The molecule has 6 heteroatoms. The van der Waals surface area contributed by atoms with E-state index in [2.05, 4.69) is 35.4 Å². The van der Waals surface area contributed by atoms with Gasteiger partial charge in [-0.05, 0) is 18.1 Å². The van der Waals surface area contributed by atoms with Gasteiger partial charge in [0.2, 0.25) is 10.0 Å². The minimum atomic E-state index is -3.39. The molecule has 0 spiro atoms. The predicted molar refractivity (Wildman–Crippen MR) is 83.9 cm³/mol. The second kappa shape index (κ2) is 6.16. The molecule has 1 heterocycles. The number of hydrogen-bond acceptors (Lipinski definition) is 3. The predicted octanol–water partition coefficient (Wildman–Crippen LogP) is 2.28.